The Morgan fingerprint density at radius 2 is 2.18 bits per heavy atom. The fraction of sp³-hybridized carbons (Fsp3) is 0.727. The minimum Gasteiger partial charge on any atom is -0.299 e. The molecule has 0 aromatic carbocycles. The van der Waals surface area contributed by atoms with Gasteiger partial charge in [0.05, 0.1) is 18.2 Å². The molecule has 6 heteroatoms. The fourth-order valence-corrected chi connectivity index (χ4v) is 2.70. The second-order valence-corrected chi connectivity index (χ2v) is 4.88. The van der Waals surface area contributed by atoms with Gasteiger partial charge in [-0.25, -0.2) is 0 Å². The van der Waals surface area contributed by atoms with Crippen LogP contribution >= 0.6 is 0 Å². The maximum atomic E-state index is 12.2. The summed E-state index contributed by atoms with van der Waals surface area (Å²) in [5.74, 6) is 0.273. The van der Waals surface area contributed by atoms with E-state index in [-0.39, 0.29) is 11.8 Å². The van der Waals surface area contributed by atoms with E-state index in [1.165, 1.54) is 0 Å². The minimum atomic E-state index is 0.0690. The first kappa shape index (κ1) is 10.9. The van der Waals surface area contributed by atoms with E-state index in [0.29, 0.717) is 6.42 Å². The fourth-order valence-electron chi connectivity index (χ4n) is 2.70. The molecule has 3 fully saturated rings. The number of hydrogen-bond donors (Lipinski definition) is 0. The van der Waals surface area contributed by atoms with Crippen LogP contribution in [0.2, 0.25) is 0 Å². The summed E-state index contributed by atoms with van der Waals surface area (Å²) < 4.78 is 1.64. The SMILES string of the molecule is Cn1cc(CC(=O)C2CN3CCN2CC3)nn1. The third-order valence-electron chi connectivity index (χ3n) is 3.66. The highest BCUT2D eigenvalue weighted by Crippen LogP contribution is 2.17. The Morgan fingerprint density at radius 3 is 2.71 bits per heavy atom. The van der Waals surface area contributed by atoms with Gasteiger partial charge < -0.3 is 0 Å². The number of ketones is 1. The molecule has 0 amide bonds. The first-order chi connectivity index (χ1) is 8.22. The highest BCUT2D eigenvalue weighted by Gasteiger charge is 2.36. The average molecular weight is 235 g/mol. The van der Waals surface area contributed by atoms with Crippen molar-refractivity contribution in [3.63, 3.8) is 0 Å². The number of aromatic nitrogens is 3. The summed E-state index contributed by atoms with van der Waals surface area (Å²) in [6.45, 7) is 5.15. The normalized spacial score (nSPS) is 31.7. The third-order valence-corrected chi connectivity index (χ3v) is 3.66. The largest absolute Gasteiger partial charge is 0.299 e. The van der Waals surface area contributed by atoms with Crippen molar-refractivity contribution in [2.45, 2.75) is 12.5 Å². The quantitative estimate of drug-likeness (QED) is 0.667. The van der Waals surface area contributed by atoms with Crippen LogP contribution in [0.4, 0.5) is 0 Å². The number of carbonyl (C=O) groups excluding carboxylic acids is 1. The van der Waals surface area contributed by atoms with Gasteiger partial charge >= 0.3 is 0 Å². The standard InChI is InChI=1S/C11H17N5O/c1-14-7-9(12-13-14)6-11(17)10-8-15-2-4-16(10)5-3-15/h7,10H,2-6,8H2,1H3. The van der Waals surface area contributed by atoms with E-state index in [1.807, 2.05) is 13.2 Å². The van der Waals surface area contributed by atoms with Gasteiger partial charge in [-0.05, 0) is 0 Å². The minimum absolute atomic E-state index is 0.0690. The van der Waals surface area contributed by atoms with Gasteiger partial charge in [-0.3, -0.25) is 19.3 Å². The average Bonchev–Trinajstić information content (AvgIpc) is 2.76. The Kier molecular flexibility index (Phi) is 2.68. The van der Waals surface area contributed by atoms with Gasteiger partial charge in [-0.15, -0.1) is 5.10 Å². The maximum Gasteiger partial charge on any atom is 0.157 e. The number of carbonyl (C=O) groups is 1. The van der Waals surface area contributed by atoms with E-state index in [0.717, 1.165) is 38.4 Å². The van der Waals surface area contributed by atoms with Crippen molar-refractivity contribution in [2.75, 3.05) is 32.7 Å². The topological polar surface area (TPSA) is 54.3 Å². The van der Waals surface area contributed by atoms with Crippen LogP contribution in [0.1, 0.15) is 5.69 Å². The monoisotopic (exact) mass is 235 g/mol. The van der Waals surface area contributed by atoms with Crippen LogP contribution in [0.25, 0.3) is 0 Å². The number of Topliss-reactive ketones (excluding diaryl/α,β-unsaturated/α-hetero) is 1. The molecule has 3 aliphatic rings. The molecule has 0 saturated carbocycles. The summed E-state index contributed by atoms with van der Waals surface area (Å²) in [6.07, 6.45) is 2.22. The van der Waals surface area contributed by atoms with Crippen molar-refractivity contribution in [1.82, 2.24) is 24.8 Å². The molecule has 0 N–H and O–H groups in total. The molecule has 17 heavy (non-hydrogen) atoms. The van der Waals surface area contributed by atoms with E-state index < -0.39 is 0 Å². The molecule has 2 bridgehead atoms. The molecular formula is C11H17N5O. The molecule has 4 heterocycles. The lowest BCUT2D eigenvalue weighted by Gasteiger charge is -2.46. The summed E-state index contributed by atoms with van der Waals surface area (Å²) in [6, 6.07) is 0.0690. The number of piperazine rings is 3. The van der Waals surface area contributed by atoms with Crippen LogP contribution in [0, 0.1) is 0 Å². The summed E-state index contributed by atoms with van der Waals surface area (Å²) in [5.41, 5.74) is 0.773. The van der Waals surface area contributed by atoms with E-state index in [1.54, 1.807) is 4.68 Å². The zero-order valence-electron chi connectivity index (χ0n) is 10.0. The highest BCUT2D eigenvalue weighted by atomic mass is 16.1. The highest BCUT2D eigenvalue weighted by molar-refractivity contribution is 5.86. The molecule has 3 aliphatic heterocycles. The van der Waals surface area contributed by atoms with Crippen molar-refractivity contribution in [3.05, 3.63) is 11.9 Å². The number of nitrogens with zero attached hydrogens (tertiary/aromatic N) is 5. The van der Waals surface area contributed by atoms with Crippen molar-refractivity contribution in [2.24, 2.45) is 7.05 Å². The number of rotatable bonds is 3. The van der Waals surface area contributed by atoms with Gasteiger partial charge in [0.2, 0.25) is 0 Å². The van der Waals surface area contributed by atoms with Crippen LogP contribution in [-0.4, -0.2) is 69.3 Å². The lowest BCUT2D eigenvalue weighted by atomic mass is 10.0. The maximum absolute atomic E-state index is 12.2. The summed E-state index contributed by atoms with van der Waals surface area (Å²) >= 11 is 0. The van der Waals surface area contributed by atoms with E-state index >= 15 is 0 Å². The van der Waals surface area contributed by atoms with Crippen molar-refractivity contribution >= 4 is 5.78 Å². The van der Waals surface area contributed by atoms with E-state index in [2.05, 4.69) is 20.1 Å². The Balaban J connectivity index is 1.66. The molecule has 1 unspecified atom stereocenters. The molecule has 1 aromatic heterocycles. The van der Waals surface area contributed by atoms with Crippen LogP contribution < -0.4 is 0 Å². The zero-order valence-corrected chi connectivity index (χ0v) is 10.0. The van der Waals surface area contributed by atoms with Crippen molar-refractivity contribution in [3.8, 4) is 0 Å². The van der Waals surface area contributed by atoms with Gasteiger partial charge in [0.15, 0.2) is 5.78 Å². The van der Waals surface area contributed by atoms with Crippen LogP contribution in [-0.2, 0) is 18.3 Å². The first-order valence-electron chi connectivity index (χ1n) is 6.07. The summed E-state index contributed by atoms with van der Waals surface area (Å²) in [7, 11) is 1.82. The molecule has 0 spiro atoms. The van der Waals surface area contributed by atoms with Gasteiger partial charge in [0.1, 0.15) is 0 Å². The molecule has 92 valence electrons. The van der Waals surface area contributed by atoms with Gasteiger partial charge in [0, 0.05) is 46.0 Å². The van der Waals surface area contributed by atoms with Gasteiger partial charge in [0.25, 0.3) is 0 Å². The summed E-state index contributed by atoms with van der Waals surface area (Å²) in [5, 5.41) is 7.83. The van der Waals surface area contributed by atoms with E-state index in [9.17, 15) is 4.79 Å². The number of fused-ring (bicyclic) bond motifs is 3. The Labute approximate surface area is 100 Å². The van der Waals surface area contributed by atoms with Crippen LogP contribution in [0.5, 0.6) is 0 Å². The molecule has 6 nitrogen and oxygen atoms in total. The molecule has 0 radical (unpaired) electrons. The Hall–Kier alpha value is -1.27. The second kappa shape index (κ2) is 4.19. The third kappa shape index (κ3) is 2.10. The molecule has 4 rings (SSSR count). The van der Waals surface area contributed by atoms with Gasteiger partial charge in [-0.2, -0.15) is 0 Å². The van der Waals surface area contributed by atoms with Crippen molar-refractivity contribution < 1.29 is 4.79 Å². The van der Waals surface area contributed by atoms with Crippen molar-refractivity contribution in [1.29, 1.82) is 0 Å². The Morgan fingerprint density at radius 1 is 1.41 bits per heavy atom. The number of hydrogen-bond acceptors (Lipinski definition) is 5. The molecule has 1 aromatic rings. The van der Waals surface area contributed by atoms with Crippen LogP contribution in [0.15, 0.2) is 6.20 Å². The number of aryl methyl sites for hydroxylation is 1. The summed E-state index contributed by atoms with van der Waals surface area (Å²) in [4.78, 5) is 16.9. The molecule has 0 aliphatic carbocycles. The smallest absolute Gasteiger partial charge is 0.157 e. The predicted octanol–water partition coefficient (Wildman–Crippen LogP) is -1.07. The molecule has 3 saturated heterocycles. The Bertz CT molecular complexity index is 421. The first-order valence-corrected chi connectivity index (χ1v) is 6.07. The van der Waals surface area contributed by atoms with E-state index in [4.69, 9.17) is 0 Å². The lowest BCUT2D eigenvalue weighted by Crippen LogP contribution is -2.63. The lowest BCUT2D eigenvalue weighted by molar-refractivity contribution is -0.128. The predicted molar refractivity (Wildman–Crippen MR) is 61.5 cm³/mol. The van der Waals surface area contributed by atoms with Gasteiger partial charge in [-0.1, -0.05) is 5.21 Å². The van der Waals surface area contributed by atoms with Crippen LogP contribution in [0.3, 0.4) is 0 Å². The zero-order chi connectivity index (χ0) is 11.8. The second-order valence-electron chi connectivity index (χ2n) is 4.88. The molecular weight excluding hydrogens is 218 g/mol. The molecule has 1 atom stereocenters.